The highest BCUT2D eigenvalue weighted by Gasteiger charge is 2.54. The number of fused-ring (bicyclic) bond motifs is 3. The van der Waals surface area contributed by atoms with Gasteiger partial charge in [-0.05, 0) is 79.7 Å². The molecule has 5 rings (SSSR count). The molecule has 2 fully saturated rings. The number of hydrogen-bond acceptors (Lipinski definition) is 4. The minimum atomic E-state index is -0.872. The van der Waals surface area contributed by atoms with Crippen LogP contribution in [0.2, 0.25) is 0 Å². The van der Waals surface area contributed by atoms with Crippen molar-refractivity contribution in [1.29, 1.82) is 0 Å². The highest BCUT2D eigenvalue weighted by molar-refractivity contribution is 7.17. The quantitative estimate of drug-likeness (QED) is 0.374. The Labute approximate surface area is 229 Å². The summed E-state index contributed by atoms with van der Waals surface area (Å²) in [7, 11) is 0. The second-order valence-corrected chi connectivity index (χ2v) is 13.5. The summed E-state index contributed by atoms with van der Waals surface area (Å²) in [5, 5.41) is 16.6. The lowest BCUT2D eigenvalue weighted by Crippen LogP contribution is -2.38. The zero-order chi connectivity index (χ0) is 27.2. The van der Waals surface area contributed by atoms with Crippen molar-refractivity contribution in [2.75, 3.05) is 5.32 Å². The molecule has 3 aliphatic carbocycles. The van der Waals surface area contributed by atoms with E-state index in [1.165, 1.54) is 21.8 Å². The number of hydrogen-bond donors (Lipinski definition) is 3. The molecule has 6 nitrogen and oxygen atoms in total. The van der Waals surface area contributed by atoms with Gasteiger partial charge in [0, 0.05) is 11.4 Å². The van der Waals surface area contributed by atoms with Gasteiger partial charge in [-0.3, -0.25) is 14.4 Å². The third-order valence-electron chi connectivity index (χ3n) is 9.82. The van der Waals surface area contributed by atoms with E-state index in [1.807, 2.05) is 31.2 Å². The highest BCUT2D eigenvalue weighted by atomic mass is 32.1. The van der Waals surface area contributed by atoms with Crippen LogP contribution in [0, 0.1) is 41.9 Å². The van der Waals surface area contributed by atoms with Gasteiger partial charge in [-0.1, -0.05) is 57.0 Å². The molecule has 2 saturated carbocycles. The highest BCUT2D eigenvalue weighted by Crippen LogP contribution is 2.53. The predicted octanol–water partition coefficient (Wildman–Crippen LogP) is 6.21. The zero-order valence-corrected chi connectivity index (χ0v) is 23.7. The molecule has 204 valence electrons. The molecule has 2 amide bonds. The maximum atomic E-state index is 13.6. The first kappa shape index (κ1) is 26.9. The Bertz CT molecular complexity index is 1230. The molecule has 1 aromatic heterocycles. The van der Waals surface area contributed by atoms with Gasteiger partial charge in [0.15, 0.2) is 0 Å². The molecule has 1 heterocycles. The number of anilines is 1. The topological polar surface area (TPSA) is 95.5 Å². The van der Waals surface area contributed by atoms with Crippen LogP contribution in [0.25, 0.3) is 0 Å². The van der Waals surface area contributed by atoms with Crippen molar-refractivity contribution in [2.24, 2.45) is 35.0 Å². The van der Waals surface area contributed by atoms with E-state index < -0.39 is 17.8 Å². The molecule has 5 atom stereocenters. The van der Waals surface area contributed by atoms with Crippen LogP contribution < -0.4 is 10.6 Å². The number of rotatable bonds is 8. The minimum absolute atomic E-state index is 0.0825. The van der Waals surface area contributed by atoms with Crippen molar-refractivity contribution in [1.82, 2.24) is 5.32 Å². The van der Waals surface area contributed by atoms with Crippen LogP contribution in [-0.2, 0) is 29.0 Å². The number of carboxylic acid groups (broad SMARTS) is 1. The fraction of sp³-hybridized carbons (Fsp3) is 0.581. The maximum Gasteiger partial charge on any atom is 0.307 e. The Kier molecular flexibility index (Phi) is 7.42. The largest absolute Gasteiger partial charge is 0.481 e. The molecule has 0 spiro atoms. The molecule has 2 aromatic rings. The lowest BCUT2D eigenvalue weighted by Gasteiger charge is -2.36. The van der Waals surface area contributed by atoms with Crippen molar-refractivity contribution < 1.29 is 19.5 Å². The molecule has 0 unspecified atom stereocenters. The second-order valence-electron chi connectivity index (χ2n) is 12.4. The van der Waals surface area contributed by atoms with E-state index >= 15 is 0 Å². The van der Waals surface area contributed by atoms with Crippen molar-refractivity contribution in [3.8, 4) is 0 Å². The Morgan fingerprint density at radius 2 is 1.74 bits per heavy atom. The lowest BCUT2D eigenvalue weighted by atomic mass is 9.69. The number of thiophene rings is 1. The number of amides is 2. The van der Waals surface area contributed by atoms with E-state index in [0.29, 0.717) is 23.0 Å². The van der Waals surface area contributed by atoms with Crippen LogP contribution in [0.5, 0.6) is 0 Å². The summed E-state index contributed by atoms with van der Waals surface area (Å²) in [5.74, 6) is -1.72. The van der Waals surface area contributed by atoms with Crippen LogP contribution in [0.15, 0.2) is 24.3 Å². The van der Waals surface area contributed by atoms with Crippen molar-refractivity contribution in [2.45, 2.75) is 79.2 Å². The minimum Gasteiger partial charge on any atom is -0.481 e. The molecule has 38 heavy (non-hydrogen) atoms. The van der Waals surface area contributed by atoms with Crippen molar-refractivity contribution >= 4 is 34.1 Å². The van der Waals surface area contributed by atoms with Crippen LogP contribution in [0.3, 0.4) is 0 Å². The van der Waals surface area contributed by atoms with Gasteiger partial charge in [0.05, 0.1) is 17.4 Å². The molecule has 3 N–H and O–H groups in total. The van der Waals surface area contributed by atoms with E-state index in [1.54, 1.807) is 0 Å². The number of carbonyl (C=O) groups excluding carboxylic acids is 2. The van der Waals surface area contributed by atoms with Crippen molar-refractivity contribution in [3.63, 3.8) is 0 Å². The van der Waals surface area contributed by atoms with Gasteiger partial charge in [-0.15, -0.1) is 11.3 Å². The van der Waals surface area contributed by atoms with Gasteiger partial charge >= 0.3 is 5.97 Å². The first-order valence-corrected chi connectivity index (χ1v) is 14.9. The number of aliphatic carboxylic acids is 1. The van der Waals surface area contributed by atoms with Gasteiger partial charge in [0.1, 0.15) is 5.00 Å². The monoisotopic (exact) mass is 536 g/mol. The van der Waals surface area contributed by atoms with Gasteiger partial charge in [0.2, 0.25) is 5.91 Å². The molecule has 1 aromatic carbocycles. The number of nitrogens with one attached hydrogen (secondary N) is 2. The first-order valence-electron chi connectivity index (χ1n) is 14.1. The summed E-state index contributed by atoms with van der Waals surface area (Å²) in [6.07, 6.45) is 6.44. The normalized spacial score (nSPS) is 26.2. The van der Waals surface area contributed by atoms with E-state index in [-0.39, 0.29) is 29.1 Å². The Morgan fingerprint density at radius 1 is 1.05 bits per heavy atom. The van der Waals surface area contributed by atoms with Gasteiger partial charge in [0.25, 0.3) is 5.91 Å². The molecule has 0 saturated heterocycles. The summed E-state index contributed by atoms with van der Waals surface area (Å²) in [4.78, 5) is 40.4. The molecule has 3 aliphatic rings. The Balaban J connectivity index is 1.42. The van der Waals surface area contributed by atoms with Gasteiger partial charge in [-0.25, -0.2) is 0 Å². The van der Waals surface area contributed by atoms with E-state index in [0.717, 1.165) is 56.1 Å². The predicted molar refractivity (Wildman–Crippen MR) is 150 cm³/mol. The lowest BCUT2D eigenvalue weighted by molar-refractivity contribution is -0.148. The maximum absolute atomic E-state index is 13.6. The number of aryl methyl sites for hydroxylation is 1. The summed E-state index contributed by atoms with van der Waals surface area (Å²) in [6.45, 7) is 9.31. The molecular formula is C31H40N2O4S. The SMILES string of the molecule is CCC(C)(C)[C@@H]1CCc2c(sc(NC(=O)[C@@H]3[C@@H]4CC[C@@H](C4)[C@@H]3C(=O)O)c2C(=O)NCc2ccc(C)cc2)C1. The van der Waals surface area contributed by atoms with Crippen LogP contribution in [0.4, 0.5) is 5.00 Å². The van der Waals surface area contributed by atoms with Gasteiger partial charge in [-0.2, -0.15) is 0 Å². The van der Waals surface area contributed by atoms with Crippen LogP contribution in [-0.4, -0.2) is 22.9 Å². The number of benzene rings is 1. The Morgan fingerprint density at radius 3 is 2.39 bits per heavy atom. The summed E-state index contributed by atoms with van der Waals surface area (Å²) >= 11 is 1.52. The van der Waals surface area contributed by atoms with E-state index in [2.05, 4.69) is 31.4 Å². The standard InChI is InChI=1S/C31H40N2O4S/c1-5-31(3,4)21-12-13-22-23(15-21)38-29(26(22)27(34)32-16-18-8-6-17(2)7-9-18)33-28(35)24-19-10-11-20(14-19)25(24)30(36)37/h6-9,19-21,24-25H,5,10-16H2,1-4H3,(H,32,34)(H,33,35)(H,36,37)/t19-,20+,21-,24-,25+/m1/s1. The first-order chi connectivity index (χ1) is 18.1. The van der Waals surface area contributed by atoms with Crippen LogP contribution in [0.1, 0.15) is 84.8 Å². The smallest absolute Gasteiger partial charge is 0.307 e. The fourth-order valence-corrected chi connectivity index (χ4v) is 8.39. The molecular weight excluding hydrogens is 496 g/mol. The summed E-state index contributed by atoms with van der Waals surface area (Å²) in [6, 6.07) is 8.09. The third kappa shape index (κ3) is 5.02. The third-order valence-corrected chi connectivity index (χ3v) is 11.0. The second kappa shape index (κ2) is 10.5. The van der Waals surface area contributed by atoms with E-state index in [4.69, 9.17) is 0 Å². The summed E-state index contributed by atoms with van der Waals surface area (Å²) in [5.41, 5.74) is 4.03. The van der Waals surface area contributed by atoms with E-state index in [9.17, 15) is 19.5 Å². The average molecular weight is 537 g/mol. The number of carboxylic acids is 1. The molecule has 0 aliphatic heterocycles. The zero-order valence-electron chi connectivity index (χ0n) is 22.9. The van der Waals surface area contributed by atoms with Crippen LogP contribution >= 0.6 is 11.3 Å². The van der Waals surface area contributed by atoms with Crippen molar-refractivity contribution in [3.05, 3.63) is 51.4 Å². The number of carbonyl (C=O) groups is 3. The Hall–Kier alpha value is -2.67. The molecule has 2 bridgehead atoms. The molecule has 7 heteroatoms. The molecule has 0 radical (unpaired) electrons. The average Bonchev–Trinajstić information content (AvgIpc) is 3.60. The summed E-state index contributed by atoms with van der Waals surface area (Å²) < 4.78 is 0. The van der Waals surface area contributed by atoms with Gasteiger partial charge < -0.3 is 15.7 Å². The fourth-order valence-electron chi connectivity index (χ4n) is 7.07.